The normalized spacial score (nSPS) is 17.9. The second-order valence-corrected chi connectivity index (χ2v) is 9.85. The number of pyridine rings is 1. The Balaban J connectivity index is 1.68. The highest BCUT2D eigenvalue weighted by atomic mass is 79.9. The number of thiocarbonyl (C=S) groups is 1. The van der Waals surface area contributed by atoms with E-state index in [2.05, 4.69) is 73.8 Å². The molecule has 0 radical (unpaired) electrons. The van der Waals surface area contributed by atoms with Gasteiger partial charge in [0.05, 0.1) is 17.8 Å². The molecule has 166 valence electrons. The lowest BCUT2D eigenvalue weighted by atomic mass is 9.96. The largest absolute Gasteiger partial charge is 0.351 e. The Labute approximate surface area is 212 Å². The molecule has 0 spiro atoms. The third kappa shape index (κ3) is 4.07. The fourth-order valence-electron chi connectivity index (χ4n) is 4.65. The van der Waals surface area contributed by atoms with Crippen LogP contribution in [0.3, 0.4) is 0 Å². The molecule has 2 unspecified atom stereocenters. The minimum Gasteiger partial charge on any atom is -0.351 e. The van der Waals surface area contributed by atoms with Gasteiger partial charge in [-0.3, -0.25) is 4.98 Å². The van der Waals surface area contributed by atoms with E-state index in [1.54, 1.807) is 0 Å². The summed E-state index contributed by atoms with van der Waals surface area (Å²) in [4.78, 5) is 6.84. The first-order valence-electron chi connectivity index (χ1n) is 10.6. The Morgan fingerprint density at radius 3 is 2.45 bits per heavy atom. The van der Waals surface area contributed by atoms with Gasteiger partial charge in [-0.05, 0) is 92.3 Å². The van der Waals surface area contributed by atoms with Gasteiger partial charge in [0.15, 0.2) is 5.11 Å². The van der Waals surface area contributed by atoms with Gasteiger partial charge >= 0.3 is 0 Å². The van der Waals surface area contributed by atoms with Gasteiger partial charge in [-0.2, -0.15) is 0 Å². The van der Waals surface area contributed by atoms with Gasteiger partial charge in [0, 0.05) is 38.5 Å². The third-order valence-corrected chi connectivity index (χ3v) is 7.12. The quantitative estimate of drug-likeness (QED) is 0.282. The highest BCUT2D eigenvalue weighted by Crippen LogP contribution is 2.44. The van der Waals surface area contributed by atoms with Gasteiger partial charge in [-0.1, -0.05) is 39.7 Å². The second-order valence-electron chi connectivity index (χ2n) is 8.11. The number of nitrogens with one attached hydrogen (secondary N) is 1. The van der Waals surface area contributed by atoms with Gasteiger partial charge < -0.3 is 14.8 Å². The van der Waals surface area contributed by atoms with Gasteiger partial charge in [0.2, 0.25) is 0 Å². The van der Waals surface area contributed by atoms with E-state index < -0.39 is 0 Å². The van der Waals surface area contributed by atoms with Crippen LogP contribution in [0.1, 0.15) is 34.7 Å². The highest BCUT2D eigenvalue weighted by Gasteiger charge is 2.42. The minimum absolute atomic E-state index is 0.0688. The summed E-state index contributed by atoms with van der Waals surface area (Å²) in [5, 5.41) is 4.90. The first-order valence-corrected chi connectivity index (χ1v) is 12.2. The van der Waals surface area contributed by atoms with Crippen molar-refractivity contribution in [3.8, 4) is 5.69 Å². The van der Waals surface area contributed by atoms with Gasteiger partial charge in [-0.15, -0.1) is 0 Å². The third-order valence-electron chi connectivity index (χ3n) is 6.06. The zero-order chi connectivity index (χ0) is 23.1. The topological polar surface area (TPSA) is 33.1 Å². The molecule has 1 aliphatic rings. The van der Waals surface area contributed by atoms with Crippen LogP contribution in [-0.4, -0.2) is 14.7 Å². The molecule has 1 saturated heterocycles. The number of nitrogens with zero attached hydrogens (tertiary/aromatic N) is 3. The average Bonchev–Trinajstić information content (AvgIpc) is 3.30. The summed E-state index contributed by atoms with van der Waals surface area (Å²) in [6.45, 7) is 4.31. The van der Waals surface area contributed by atoms with Crippen LogP contribution in [0.5, 0.6) is 0 Å². The molecule has 4 nitrogen and oxygen atoms in total. The number of rotatable bonds is 4. The van der Waals surface area contributed by atoms with E-state index in [1.807, 2.05) is 54.7 Å². The van der Waals surface area contributed by atoms with Crippen LogP contribution in [0.15, 0.2) is 83.5 Å². The predicted octanol–water partition coefficient (Wildman–Crippen LogP) is 7.08. The molecule has 0 bridgehead atoms. The Bertz CT molecular complexity index is 1320. The van der Waals surface area contributed by atoms with Crippen molar-refractivity contribution in [1.29, 1.82) is 0 Å². The lowest BCUT2D eigenvalue weighted by molar-refractivity contribution is 0.565. The van der Waals surface area contributed by atoms with Crippen molar-refractivity contribution in [2.75, 3.05) is 4.90 Å². The van der Waals surface area contributed by atoms with Crippen molar-refractivity contribution in [2.24, 2.45) is 0 Å². The maximum absolute atomic E-state index is 6.18. The first-order chi connectivity index (χ1) is 15.9. The molecule has 2 aromatic heterocycles. The van der Waals surface area contributed by atoms with Gasteiger partial charge in [0.1, 0.15) is 0 Å². The number of aromatic nitrogens is 2. The molecule has 1 fully saturated rings. The molecule has 33 heavy (non-hydrogen) atoms. The molecule has 0 aliphatic carbocycles. The van der Waals surface area contributed by atoms with Crippen molar-refractivity contribution in [3.63, 3.8) is 0 Å². The number of anilines is 1. The van der Waals surface area contributed by atoms with Gasteiger partial charge in [0.25, 0.3) is 0 Å². The van der Waals surface area contributed by atoms with Crippen molar-refractivity contribution in [1.82, 2.24) is 14.9 Å². The maximum Gasteiger partial charge on any atom is 0.174 e. The van der Waals surface area contributed by atoms with Crippen molar-refractivity contribution in [3.05, 3.63) is 111 Å². The summed E-state index contributed by atoms with van der Waals surface area (Å²) in [5.41, 5.74) is 6.59. The van der Waals surface area contributed by atoms with Crippen LogP contribution >= 0.6 is 39.7 Å². The molecule has 7 heteroatoms. The molecule has 1 aliphatic heterocycles. The van der Waals surface area contributed by atoms with Crippen molar-refractivity contribution >= 4 is 50.5 Å². The van der Waals surface area contributed by atoms with Gasteiger partial charge in [-0.25, -0.2) is 0 Å². The molecule has 0 saturated carbocycles. The number of benzene rings is 2. The monoisotopic (exact) mass is 536 g/mol. The van der Waals surface area contributed by atoms with Crippen LogP contribution in [0, 0.1) is 13.8 Å². The van der Waals surface area contributed by atoms with E-state index in [-0.39, 0.29) is 12.1 Å². The summed E-state index contributed by atoms with van der Waals surface area (Å²) in [6, 6.07) is 24.3. The fraction of sp³-hybridized carbons (Fsp3) is 0.154. The molecule has 3 heterocycles. The Morgan fingerprint density at radius 1 is 0.970 bits per heavy atom. The molecule has 5 rings (SSSR count). The lowest BCUT2D eigenvalue weighted by Gasteiger charge is -2.28. The molecule has 2 aromatic carbocycles. The van der Waals surface area contributed by atoms with Crippen LogP contribution in [0.4, 0.5) is 5.69 Å². The SMILES string of the molecule is Cc1cc(C2C(c3ccccn3)NC(=S)N2c2ccc(Cl)cc2)c(C)n1-c1cccc(Br)c1. The molecular formula is C26H22BrClN4S. The van der Waals surface area contributed by atoms with E-state index in [4.69, 9.17) is 23.8 Å². The Kier molecular flexibility index (Phi) is 5.99. The minimum atomic E-state index is -0.0918. The van der Waals surface area contributed by atoms with Crippen LogP contribution in [0.2, 0.25) is 5.02 Å². The summed E-state index contributed by atoms with van der Waals surface area (Å²) in [7, 11) is 0. The maximum atomic E-state index is 6.18. The summed E-state index contributed by atoms with van der Waals surface area (Å²) in [6.07, 6.45) is 1.83. The molecule has 1 N–H and O–H groups in total. The summed E-state index contributed by atoms with van der Waals surface area (Å²) in [5.74, 6) is 0. The molecule has 2 atom stereocenters. The Morgan fingerprint density at radius 2 is 1.76 bits per heavy atom. The Hall–Kier alpha value is -2.67. The van der Waals surface area contributed by atoms with Crippen LogP contribution in [-0.2, 0) is 0 Å². The number of halogens is 2. The standard InChI is InChI=1S/C26H22BrClN4S/c1-16-14-22(17(2)31(16)21-7-5-6-18(27)15-21)25-24(23-8-3-4-13-29-23)30-26(33)32(25)20-11-9-19(28)10-12-20/h3-15,24-25H,1-2H3,(H,30,33). The van der Waals surface area contributed by atoms with Crippen molar-refractivity contribution < 1.29 is 0 Å². The van der Waals surface area contributed by atoms with E-state index >= 15 is 0 Å². The lowest BCUT2D eigenvalue weighted by Crippen LogP contribution is -2.29. The van der Waals surface area contributed by atoms with Crippen LogP contribution < -0.4 is 10.2 Å². The summed E-state index contributed by atoms with van der Waals surface area (Å²) < 4.78 is 3.34. The second kappa shape index (κ2) is 8.93. The molecule has 4 aromatic rings. The number of hydrogen-bond acceptors (Lipinski definition) is 2. The van der Waals surface area contributed by atoms with E-state index in [0.717, 1.165) is 27.2 Å². The highest BCUT2D eigenvalue weighted by molar-refractivity contribution is 9.10. The zero-order valence-corrected chi connectivity index (χ0v) is 21.3. The molecular weight excluding hydrogens is 516 g/mol. The number of hydrogen-bond donors (Lipinski definition) is 1. The summed E-state index contributed by atoms with van der Waals surface area (Å²) >= 11 is 15.6. The first kappa shape index (κ1) is 22.1. The smallest absolute Gasteiger partial charge is 0.174 e. The predicted molar refractivity (Wildman–Crippen MR) is 142 cm³/mol. The zero-order valence-electron chi connectivity index (χ0n) is 18.2. The molecule has 0 amide bonds. The number of aryl methyl sites for hydroxylation is 1. The average molecular weight is 538 g/mol. The van der Waals surface area contributed by atoms with Crippen LogP contribution in [0.25, 0.3) is 5.69 Å². The van der Waals surface area contributed by atoms with E-state index in [9.17, 15) is 0 Å². The van der Waals surface area contributed by atoms with E-state index in [1.165, 1.54) is 11.3 Å². The fourth-order valence-corrected chi connectivity index (χ4v) is 5.51. The van der Waals surface area contributed by atoms with Crippen molar-refractivity contribution in [2.45, 2.75) is 25.9 Å². The van der Waals surface area contributed by atoms with E-state index in [0.29, 0.717) is 10.1 Å².